The lowest BCUT2D eigenvalue weighted by molar-refractivity contribution is 0.634. The predicted molar refractivity (Wildman–Crippen MR) is 79.3 cm³/mol. The molecule has 94 valence electrons. The van der Waals surface area contributed by atoms with E-state index in [4.69, 9.17) is 0 Å². The standard InChI is InChI=1S/C16H19NS/c1-12-5-3-4-6-13(12)14-7-8-15(18-14)16(9-10-16)11-17-2/h3-8,17H,9-11H2,1-2H3. The first kappa shape index (κ1) is 11.9. The highest BCUT2D eigenvalue weighted by molar-refractivity contribution is 7.15. The van der Waals surface area contributed by atoms with Crippen molar-refractivity contribution in [3.63, 3.8) is 0 Å². The molecule has 0 unspecified atom stereocenters. The molecule has 1 N–H and O–H groups in total. The van der Waals surface area contributed by atoms with Gasteiger partial charge in [-0.1, -0.05) is 24.3 Å². The van der Waals surface area contributed by atoms with E-state index >= 15 is 0 Å². The average Bonchev–Trinajstić information content (AvgIpc) is 2.99. The molecule has 1 nitrogen and oxygen atoms in total. The third-order valence-corrected chi connectivity index (χ3v) is 5.27. The zero-order valence-electron chi connectivity index (χ0n) is 11.0. The maximum Gasteiger partial charge on any atom is 0.0348 e. The Morgan fingerprint density at radius 3 is 2.61 bits per heavy atom. The fourth-order valence-corrected chi connectivity index (χ4v) is 3.96. The van der Waals surface area contributed by atoms with Crippen molar-refractivity contribution in [3.05, 3.63) is 46.8 Å². The first-order chi connectivity index (χ1) is 8.75. The summed E-state index contributed by atoms with van der Waals surface area (Å²) in [5.41, 5.74) is 3.19. The van der Waals surface area contributed by atoms with Gasteiger partial charge in [0.15, 0.2) is 0 Å². The number of nitrogens with one attached hydrogen (secondary N) is 1. The second-order valence-corrected chi connectivity index (χ2v) is 6.37. The van der Waals surface area contributed by atoms with Gasteiger partial charge in [-0.05, 0) is 50.1 Å². The van der Waals surface area contributed by atoms with Crippen LogP contribution in [-0.4, -0.2) is 13.6 Å². The first-order valence-corrected chi connectivity index (χ1v) is 7.38. The molecule has 0 saturated heterocycles. The molecule has 1 aromatic heterocycles. The molecular weight excluding hydrogens is 238 g/mol. The summed E-state index contributed by atoms with van der Waals surface area (Å²) in [6, 6.07) is 13.3. The van der Waals surface area contributed by atoms with Gasteiger partial charge in [-0.25, -0.2) is 0 Å². The van der Waals surface area contributed by atoms with Crippen LogP contribution in [0.1, 0.15) is 23.3 Å². The molecule has 1 aliphatic carbocycles. The molecule has 1 aromatic carbocycles. The quantitative estimate of drug-likeness (QED) is 0.873. The summed E-state index contributed by atoms with van der Waals surface area (Å²) >= 11 is 1.97. The number of thiophene rings is 1. The molecule has 1 saturated carbocycles. The van der Waals surface area contributed by atoms with E-state index in [0.29, 0.717) is 5.41 Å². The summed E-state index contributed by atoms with van der Waals surface area (Å²) < 4.78 is 0. The molecule has 0 amide bonds. The molecule has 0 bridgehead atoms. The summed E-state index contributed by atoms with van der Waals surface area (Å²) in [6.07, 6.45) is 2.67. The lowest BCUT2D eigenvalue weighted by Crippen LogP contribution is -2.22. The SMILES string of the molecule is CNCC1(c2ccc(-c3ccccc3C)s2)CC1. The molecule has 2 heteroatoms. The van der Waals surface area contributed by atoms with Gasteiger partial charge in [0.2, 0.25) is 0 Å². The number of hydrogen-bond donors (Lipinski definition) is 1. The van der Waals surface area contributed by atoms with Crippen LogP contribution in [-0.2, 0) is 5.41 Å². The molecule has 0 radical (unpaired) electrons. The van der Waals surface area contributed by atoms with Crippen molar-refractivity contribution < 1.29 is 0 Å². The van der Waals surface area contributed by atoms with Crippen LogP contribution in [0, 0.1) is 6.92 Å². The molecule has 0 atom stereocenters. The first-order valence-electron chi connectivity index (χ1n) is 6.56. The van der Waals surface area contributed by atoms with E-state index in [0.717, 1.165) is 6.54 Å². The normalized spacial score (nSPS) is 16.8. The van der Waals surface area contributed by atoms with Crippen molar-refractivity contribution in [3.8, 4) is 10.4 Å². The summed E-state index contributed by atoms with van der Waals surface area (Å²) in [5.74, 6) is 0. The van der Waals surface area contributed by atoms with Gasteiger partial charge in [0.25, 0.3) is 0 Å². The summed E-state index contributed by atoms with van der Waals surface area (Å²) in [6.45, 7) is 3.30. The zero-order valence-corrected chi connectivity index (χ0v) is 11.8. The van der Waals surface area contributed by atoms with Crippen molar-refractivity contribution in [2.24, 2.45) is 0 Å². The average molecular weight is 257 g/mol. The second kappa shape index (κ2) is 4.52. The van der Waals surface area contributed by atoms with Gasteiger partial charge in [-0.15, -0.1) is 11.3 Å². The number of rotatable bonds is 4. The maximum absolute atomic E-state index is 3.34. The number of benzene rings is 1. The molecule has 3 rings (SSSR count). The van der Waals surface area contributed by atoms with E-state index < -0.39 is 0 Å². The van der Waals surface area contributed by atoms with Gasteiger partial charge in [-0.2, -0.15) is 0 Å². The highest BCUT2D eigenvalue weighted by Gasteiger charge is 2.44. The highest BCUT2D eigenvalue weighted by Crippen LogP contribution is 2.51. The number of hydrogen-bond acceptors (Lipinski definition) is 2. The minimum atomic E-state index is 0.445. The monoisotopic (exact) mass is 257 g/mol. The Kier molecular flexibility index (Phi) is 3.00. The largest absolute Gasteiger partial charge is 0.319 e. The maximum atomic E-state index is 3.34. The zero-order chi connectivity index (χ0) is 12.6. The smallest absolute Gasteiger partial charge is 0.0348 e. The fourth-order valence-electron chi connectivity index (χ4n) is 2.62. The van der Waals surface area contributed by atoms with Crippen molar-refractivity contribution in [1.29, 1.82) is 0 Å². The van der Waals surface area contributed by atoms with Gasteiger partial charge in [-0.3, -0.25) is 0 Å². The van der Waals surface area contributed by atoms with Crippen molar-refractivity contribution >= 4 is 11.3 Å². The Labute approximate surface area is 113 Å². The van der Waals surface area contributed by atoms with E-state index in [1.54, 1.807) is 4.88 Å². The van der Waals surface area contributed by atoms with Crippen LogP contribution in [0.25, 0.3) is 10.4 Å². The Hall–Kier alpha value is -1.12. The number of aryl methyl sites for hydroxylation is 1. The van der Waals surface area contributed by atoms with Crippen LogP contribution in [0.4, 0.5) is 0 Å². The topological polar surface area (TPSA) is 12.0 Å². The fraction of sp³-hybridized carbons (Fsp3) is 0.375. The van der Waals surface area contributed by atoms with Crippen LogP contribution < -0.4 is 5.32 Å². The van der Waals surface area contributed by atoms with Crippen LogP contribution in [0.5, 0.6) is 0 Å². The van der Waals surface area contributed by atoms with Gasteiger partial charge in [0, 0.05) is 21.7 Å². The molecule has 0 spiro atoms. The third kappa shape index (κ3) is 2.00. The second-order valence-electron chi connectivity index (χ2n) is 5.29. The van der Waals surface area contributed by atoms with Crippen LogP contribution in [0.2, 0.25) is 0 Å². The lowest BCUT2D eigenvalue weighted by Gasteiger charge is -2.11. The summed E-state index contributed by atoms with van der Waals surface area (Å²) in [7, 11) is 2.05. The molecule has 18 heavy (non-hydrogen) atoms. The van der Waals surface area contributed by atoms with Crippen molar-refractivity contribution in [1.82, 2.24) is 5.32 Å². The molecule has 1 fully saturated rings. The highest BCUT2D eigenvalue weighted by atomic mass is 32.1. The summed E-state index contributed by atoms with van der Waals surface area (Å²) in [5, 5.41) is 3.34. The lowest BCUT2D eigenvalue weighted by atomic mass is 10.0. The molecular formula is C16H19NS. The van der Waals surface area contributed by atoms with Crippen molar-refractivity contribution in [2.75, 3.05) is 13.6 Å². The van der Waals surface area contributed by atoms with Gasteiger partial charge < -0.3 is 5.32 Å². The van der Waals surface area contributed by atoms with E-state index in [9.17, 15) is 0 Å². The van der Waals surface area contributed by atoms with Crippen LogP contribution in [0.3, 0.4) is 0 Å². The van der Waals surface area contributed by atoms with Crippen LogP contribution >= 0.6 is 11.3 Å². The molecule has 2 aromatic rings. The minimum absolute atomic E-state index is 0.445. The minimum Gasteiger partial charge on any atom is -0.319 e. The Morgan fingerprint density at radius 1 is 1.17 bits per heavy atom. The molecule has 1 aliphatic rings. The van der Waals surface area contributed by atoms with E-state index in [-0.39, 0.29) is 0 Å². The van der Waals surface area contributed by atoms with Gasteiger partial charge >= 0.3 is 0 Å². The Morgan fingerprint density at radius 2 is 1.94 bits per heavy atom. The summed E-state index contributed by atoms with van der Waals surface area (Å²) in [4.78, 5) is 2.96. The van der Waals surface area contributed by atoms with Crippen molar-refractivity contribution in [2.45, 2.75) is 25.2 Å². The molecule has 0 aliphatic heterocycles. The van der Waals surface area contributed by atoms with Crippen LogP contribution in [0.15, 0.2) is 36.4 Å². The van der Waals surface area contributed by atoms with Gasteiger partial charge in [0.1, 0.15) is 0 Å². The third-order valence-electron chi connectivity index (χ3n) is 3.91. The van der Waals surface area contributed by atoms with E-state index in [1.165, 1.54) is 28.8 Å². The predicted octanol–water partition coefficient (Wildman–Crippen LogP) is 3.97. The van der Waals surface area contributed by atoms with E-state index in [2.05, 4.69) is 55.7 Å². The van der Waals surface area contributed by atoms with Gasteiger partial charge in [0.05, 0.1) is 0 Å². The molecule has 1 heterocycles. The number of likely N-dealkylation sites (N-methyl/N-ethyl adjacent to an activating group) is 1. The Bertz CT molecular complexity index is 552. The van der Waals surface area contributed by atoms with E-state index in [1.807, 2.05) is 11.3 Å². The Balaban J connectivity index is 1.93.